The second-order valence-corrected chi connectivity index (χ2v) is 8.20. The molecule has 0 atom stereocenters. The summed E-state index contributed by atoms with van der Waals surface area (Å²) in [6.07, 6.45) is 8.65. The predicted molar refractivity (Wildman–Crippen MR) is 119 cm³/mol. The quantitative estimate of drug-likeness (QED) is 0.347. The predicted octanol–water partition coefficient (Wildman–Crippen LogP) is 2.24. The molecule has 12 heteroatoms. The van der Waals surface area contributed by atoms with Gasteiger partial charge in [-0.15, -0.1) is 10.2 Å². The van der Waals surface area contributed by atoms with Gasteiger partial charge in [0.05, 0.1) is 11.9 Å². The van der Waals surface area contributed by atoms with Crippen molar-refractivity contribution in [2.75, 3.05) is 12.4 Å². The number of aldehydes is 1. The molecule has 1 aliphatic carbocycles. The van der Waals surface area contributed by atoms with E-state index in [0.717, 1.165) is 41.2 Å². The third-order valence-corrected chi connectivity index (χ3v) is 5.73. The van der Waals surface area contributed by atoms with Crippen molar-refractivity contribution >= 4 is 35.2 Å². The molecule has 6 rings (SSSR count). The fourth-order valence-corrected chi connectivity index (χ4v) is 3.73. The number of fused-ring (bicyclic) bond motifs is 2. The maximum absolute atomic E-state index is 11.3. The van der Waals surface area contributed by atoms with E-state index in [1.165, 1.54) is 11.8 Å². The highest BCUT2D eigenvalue weighted by atomic mass is 32.2. The molecule has 11 nitrogen and oxygen atoms in total. The van der Waals surface area contributed by atoms with Crippen molar-refractivity contribution in [1.82, 2.24) is 39.2 Å². The summed E-state index contributed by atoms with van der Waals surface area (Å²) in [4.78, 5) is 30.6. The molecule has 0 aromatic carbocycles. The van der Waals surface area contributed by atoms with Gasteiger partial charge in [-0.1, -0.05) is 0 Å². The zero-order valence-corrected chi connectivity index (χ0v) is 17.8. The van der Waals surface area contributed by atoms with E-state index in [-0.39, 0.29) is 5.69 Å². The summed E-state index contributed by atoms with van der Waals surface area (Å²) < 4.78 is 3.58. The number of H-pyrrole nitrogens is 2. The Morgan fingerprint density at radius 3 is 2.69 bits per heavy atom. The second-order valence-electron chi connectivity index (χ2n) is 7.21. The van der Waals surface area contributed by atoms with Crippen LogP contribution in [0, 0.1) is 5.92 Å². The Morgan fingerprint density at radius 2 is 2.00 bits per heavy atom. The van der Waals surface area contributed by atoms with Crippen molar-refractivity contribution in [3.63, 3.8) is 0 Å². The van der Waals surface area contributed by atoms with Crippen LogP contribution in [0.1, 0.15) is 12.8 Å². The molecule has 0 aliphatic heterocycles. The minimum Gasteiger partial charge on any atom is -0.372 e. The van der Waals surface area contributed by atoms with Crippen LogP contribution < -0.4 is 11.0 Å². The van der Waals surface area contributed by atoms with E-state index in [9.17, 15) is 9.59 Å². The van der Waals surface area contributed by atoms with Gasteiger partial charge < -0.3 is 20.1 Å². The van der Waals surface area contributed by atoms with Gasteiger partial charge in [0.1, 0.15) is 17.1 Å². The average molecular weight is 450 g/mol. The van der Waals surface area contributed by atoms with E-state index in [0.29, 0.717) is 22.4 Å². The van der Waals surface area contributed by atoms with Crippen molar-refractivity contribution in [2.24, 2.45) is 5.92 Å². The summed E-state index contributed by atoms with van der Waals surface area (Å²) in [6.45, 7) is 0. The first kappa shape index (κ1) is 20.0. The molecule has 5 aromatic rings. The van der Waals surface area contributed by atoms with Crippen LogP contribution in [0.3, 0.4) is 0 Å². The lowest BCUT2D eigenvalue weighted by Crippen LogP contribution is -2.00. The van der Waals surface area contributed by atoms with E-state index in [1.54, 1.807) is 10.7 Å². The molecule has 0 spiro atoms. The zero-order chi connectivity index (χ0) is 22.1. The molecule has 32 heavy (non-hydrogen) atoms. The number of nitrogens with one attached hydrogen (secondary N) is 3. The number of aromatic amines is 2. The third kappa shape index (κ3) is 4.12. The van der Waals surface area contributed by atoms with Crippen molar-refractivity contribution in [3.05, 3.63) is 53.3 Å². The van der Waals surface area contributed by atoms with Crippen LogP contribution in [0.15, 0.2) is 57.8 Å². The number of nitrogens with zero attached hydrogens (tertiary/aromatic N) is 6. The number of hydrogen-bond acceptors (Lipinski definition) is 8. The van der Waals surface area contributed by atoms with Crippen LogP contribution in [0.4, 0.5) is 5.82 Å². The topological polar surface area (TPSA) is 138 Å². The van der Waals surface area contributed by atoms with Crippen LogP contribution >= 0.6 is 11.8 Å². The summed E-state index contributed by atoms with van der Waals surface area (Å²) in [7, 11) is 1.81. The largest absolute Gasteiger partial charge is 0.372 e. The Morgan fingerprint density at radius 1 is 1.16 bits per heavy atom. The number of pyridine rings is 1. The second kappa shape index (κ2) is 8.30. The molecular weight excluding hydrogens is 430 g/mol. The molecule has 1 fully saturated rings. The molecule has 1 aliphatic rings. The molecule has 5 heterocycles. The Labute approximate surface area is 185 Å². The monoisotopic (exact) mass is 449 g/mol. The lowest BCUT2D eigenvalue weighted by atomic mass is 10.2. The number of imidazole rings is 2. The first-order valence-corrected chi connectivity index (χ1v) is 10.7. The van der Waals surface area contributed by atoms with Gasteiger partial charge in [0.2, 0.25) is 5.16 Å². The molecule has 1 saturated carbocycles. The minimum absolute atomic E-state index is 0.248. The van der Waals surface area contributed by atoms with Crippen LogP contribution in [-0.2, 0) is 4.79 Å². The van der Waals surface area contributed by atoms with E-state index < -0.39 is 0 Å². The number of carbonyl (C=O) groups is 1. The number of hydrogen-bond donors (Lipinski definition) is 3. The number of anilines is 1. The highest BCUT2D eigenvalue weighted by Crippen LogP contribution is 2.27. The Hall–Kier alpha value is -3.93. The maximum Gasteiger partial charge on any atom is 0.323 e. The fourth-order valence-electron chi connectivity index (χ4n) is 2.95. The Bertz CT molecular complexity index is 1460. The molecule has 5 aromatic heterocycles. The molecule has 162 valence electrons. The standard InChI is InChI=1S/C16H13N9OS.C4H6O/c1-17-11-8-25-12(20-11)4-5-14(23-25)27-16-22-21-13-3-2-9(7-24(13)16)10-6-18-15(26)19-10;5-3-4-1-2-4/h2-8,17H,1H3,(H2,18,19,26);3-4H,1-2H2. The van der Waals surface area contributed by atoms with Gasteiger partial charge >= 0.3 is 5.69 Å². The first-order chi connectivity index (χ1) is 15.6. The molecule has 3 N–H and O–H groups in total. The van der Waals surface area contributed by atoms with E-state index >= 15 is 0 Å². The number of carbonyl (C=O) groups excluding carboxylic acids is 1. The number of aromatic nitrogens is 8. The lowest BCUT2D eigenvalue weighted by molar-refractivity contribution is -0.108. The Kier molecular flexibility index (Phi) is 5.19. The lowest BCUT2D eigenvalue weighted by Gasteiger charge is -2.02. The summed E-state index contributed by atoms with van der Waals surface area (Å²) in [5.41, 5.74) is 2.76. The third-order valence-electron chi connectivity index (χ3n) is 4.84. The SMILES string of the molecule is CNc1cn2nc(Sc3nnc4ccc(-c5c[nH]c(=O)[nH]5)cn34)ccc2n1.O=CC1CC1. The highest BCUT2D eigenvalue weighted by Gasteiger charge is 2.19. The van der Waals surface area contributed by atoms with Crippen LogP contribution in [-0.4, -0.2) is 52.5 Å². The normalized spacial score (nSPS) is 13.2. The van der Waals surface area contributed by atoms with E-state index in [4.69, 9.17) is 0 Å². The van der Waals surface area contributed by atoms with Crippen LogP contribution in [0.25, 0.3) is 22.6 Å². The van der Waals surface area contributed by atoms with Gasteiger partial charge in [0, 0.05) is 30.9 Å². The number of rotatable bonds is 5. The summed E-state index contributed by atoms with van der Waals surface area (Å²) in [5.74, 6) is 1.21. The van der Waals surface area contributed by atoms with Crippen molar-refractivity contribution in [2.45, 2.75) is 23.0 Å². The van der Waals surface area contributed by atoms with Gasteiger partial charge in [0.15, 0.2) is 11.3 Å². The smallest absolute Gasteiger partial charge is 0.323 e. The first-order valence-electron chi connectivity index (χ1n) is 9.93. The van der Waals surface area contributed by atoms with Crippen molar-refractivity contribution < 1.29 is 4.79 Å². The zero-order valence-electron chi connectivity index (χ0n) is 17.0. The summed E-state index contributed by atoms with van der Waals surface area (Å²) in [6, 6.07) is 7.52. The van der Waals surface area contributed by atoms with Crippen molar-refractivity contribution in [3.8, 4) is 11.3 Å². The molecule has 0 saturated heterocycles. The molecular formula is C20H19N9O2S. The van der Waals surface area contributed by atoms with Gasteiger partial charge in [0.25, 0.3) is 0 Å². The molecule has 0 unspecified atom stereocenters. The summed E-state index contributed by atoms with van der Waals surface area (Å²) >= 11 is 1.39. The van der Waals surface area contributed by atoms with E-state index in [2.05, 4.69) is 35.6 Å². The van der Waals surface area contributed by atoms with Crippen molar-refractivity contribution in [1.29, 1.82) is 0 Å². The average Bonchev–Trinajstić information content (AvgIpc) is 3.21. The molecule has 0 radical (unpaired) electrons. The fraction of sp³-hybridized carbons (Fsp3) is 0.200. The highest BCUT2D eigenvalue weighted by molar-refractivity contribution is 7.99. The van der Waals surface area contributed by atoms with Crippen LogP contribution in [0.2, 0.25) is 0 Å². The minimum atomic E-state index is -0.248. The van der Waals surface area contributed by atoms with Crippen LogP contribution in [0.5, 0.6) is 0 Å². The van der Waals surface area contributed by atoms with E-state index in [1.807, 2.05) is 48.1 Å². The summed E-state index contributed by atoms with van der Waals surface area (Å²) in [5, 5.41) is 17.4. The van der Waals surface area contributed by atoms with Gasteiger partial charge in [-0.2, -0.15) is 5.10 Å². The molecule has 0 amide bonds. The van der Waals surface area contributed by atoms with Gasteiger partial charge in [-0.05, 0) is 48.9 Å². The van der Waals surface area contributed by atoms with Gasteiger partial charge in [-0.25, -0.2) is 14.3 Å². The Balaban J connectivity index is 0.000000383. The van der Waals surface area contributed by atoms with Gasteiger partial charge in [-0.3, -0.25) is 4.40 Å². The maximum atomic E-state index is 11.3. The molecule has 0 bridgehead atoms.